The summed E-state index contributed by atoms with van der Waals surface area (Å²) < 4.78 is 24.0. The summed E-state index contributed by atoms with van der Waals surface area (Å²) >= 11 is 0. The molecule has 0 spiro atoms. The van der Waals surface area contributed by atoms with Crippen LogP contribution in [0.2, 0.25) is 0 Å². The Kier molecular flexibility index (Phi) is 22.7. The lowest BCUT2D eigenvalue weighted by molar-refractivity contribution is -0.135. The number of ether oxygens (including phenoxy) is 4. The molecule has 4 heterocycles. The van der Waals surface area contributed by atoms with Crippen LogP contribution in [-0.2, 0) is 75.6 Å². The Morgan fingerprint density at radius 2 is 0.458 bits per heavy atom. The molecule has 0 unspecified atom stereocenters. The van der Waals surface area contributed by atoms with Gasteiger partial charge in [-0.2, -0.15) is 0 Å². The van der Waals surface area contributed by atoms with E-state index in [4.69, 9.17) is 18.9 Å². The zero-order valence-corrected chi connectivity index (χ0v) is 69.3. The quantitative estimate of drug-likeness (QED) is 0.0677. The Hall–Kier alpha value is -11.1. The average molecular weight is 1620 g/mol. The molecule has 0 N–H and O–H groups in total. The predicted molar refractivity (Wildman–Crippen MR) is 490 cm³/mol. The van der Waals surface area contributed by atoms with Crippen LogP contribution >= 0.6 is 0 Å². The number of carbonyl (C=O) groups excluding carboxylic acids is 4. The topological polar surface area (TPSA) is 105 Å². The zero-order chi connectivity index (χ0) is 79.4. The Morgan fingerprint density at radius 1 is 0.229 bits per heavy atom. The van der Waals surface area contributed by atoms with Crippen LogP contribution < -0.4 is 18.9 Å². The number of hydrogen-bond acceptors (Lipinski definition) is 8. The second-order valence-electron chi connectivity index (χ2n) is 31.4. The molecule has 0 aromatic heterocycles. The van der Waals surface area contributed by atoms with Crippen molar-refractivity contribution in [3.05, 3.63) is 348 Å². The van der Waals surface area contributed by atoms with Crippen LogP contribution in [0, 0.1) is 0 Å². The molecule has 0 atom stereocenters. The molecule has 0 bridgehead atoms. The van der Waals surface area contributed by atoms with Crippen molar-refractivity contribution >= 4 is 122 Å². The van der Waals surface area contributed by atoms with Gasteiger partial charge in [-0.3, -0.25) is 9.59 Å². The van der Waals surface area contributed by atoms with Crippen molar-refractivity contribution in [3.63, 3.8) is 0 Å². The van der Waals surface area contributed by atoms with E-state index in [1.54, 1.807) is 0 Å². The second kappa shape index (κ2) is 34.8. The number of fused-ring (bicyclic) bond motifs is 12. The molecular weight excluding hydrogens is 1530 g/mol. The van der Waals surface area contributed by atoms with E-state index >= 15 is 0 Å². The predicted octanol–water partition coefficient (Wildman–Crippen LogP) is 23.7. The van der Waals surface area contributed by atoms with Crippen molar-refractivity contribution in [1.29, 1.82) is 0 Å². The third-order valence-corrected chi connectivity index (χ3v) is 34.5. The minimum Gasteiger partial charge on any atom is -0.425 e. The fourth-order valence-electron chi connectivity index (χ4n) is 18.6. The summed E-state index contributed by atoms with van der Waals surface area (Å²) in [4.78, 5) is 58.6. The summed E-state index contributed by atoms with van der Waals surface area (Å²) in [7, 11) is 1.25. The van der Waals surface area contributed by atoms with Crippen molar-refractivity contribution in [3.8, 4) is 45.3 Å². The molecule has 4 aliphatic carbocycles. The summed E-state index contributed by atoms with van der Waals surface area (Å²) in [5, 5.41) is 9.07. The van der Waals surface area contributed by atoms with Gasteiger partial charge in [-0.25, -0.2) is 9.59 Å². The minimum atomic E-state index is -0.388. The highest BCUT2D eigenvalue weighted by molar-refractivity contribution is 7.98. The first kappa shape index (κ1) is 76.8. The van der Waals surface area contributed by atoms with E-state index in [0.29, 0.717) is 77.7 Å². The Morgan fingerprint density at radius 3 is 0.746 bits per heavy atom. The van der Waals surface area contributed by atoms with Crippen LogP contribution in [0.25, 0.3) is 76.5 Å². The smallest absolute Gasteiger partial charge is 0.343 e. The maximum atomic E-state index is 13.5. The minimum absolute atomic E-state index is 0.208. The van der Waals surface area contributed by atoms with Gasteiger partial charge >= 0.3 is 23.9 Å². The Balaban J connectivity index is 0.000000105. The van der Waals surface area contributed by atoms with Crippen molar-refractivity contribution in [2.24, 2.45) is 0 Å². The lowest BCUT2D eigenvalue weighted by Gasteiger charge is -2.17. The molecule has 118 heavy (non-hydrogen) atoms. The second-order valence-corrected chi connectivity index (χ2v) is 40.3. The molecule has 22 rings (SSSR count). The summed E-state index contributed by atoms with van der Waals surface area (Å²) in [5.41, 5.74) is 14.4. The monoisotopic (exact) mass is 1620 g/mol. The number of hydrogen-bond donors (Lipinski definition) is 0. The molecule has 0 amide bonds. The van der Waals surface area contributed by atoms with Gasteiger partial charge in [-0.15, -0.1) is 0 Å². The van der Waals surface area contributed by atoms with Crippen LogP contribution in [0.15, 0.2) is 323 Å². The van der Waals surface area contributed by atoms with E-state index in [9.17, 15) is 19.2 Å². The van der Waals surface area contributed by atoms with Gasteiger partial charge in [0.25, 0.3) is 0 Å². The molecule has 4 aliphatic heterocycles. The van der Waals surface area contributed by atoms with Crippen molar-refractivity contribution in [1.82, 2.24) is 0 Å². The number of esters is 4. The molecular formula is C106H92O8S4+4. The van der Waals surface area contributed by atoms with Gasteiger partial charge in [0.1, 0.15) is 80.9 Å². The van der Waals surface area contributed by atoms with E-state index in [0.717, 1.165) is 90.0 Å². The first-order chi connectivity index (χ1) is 58.2. The molecule has 0 radical (unpaired) electrons. The first-order valence-corrected chi connectivity index (χ1v) is 48.1. The Bertz CT molecular complexity index is 6180. The fraction of sp³-hybridized carbons (Fsp3) is 0.208. The lowest BCUT2D eigenvalue weighted by Crippen LogP contribution is -2.19. The molecule has 14 aromatic carbocycles. The van der Waals surface area contributed by atoms with Crippen molar-refractivity contribution < 1.29 is 38.1 Å². The SMILES string of the molecule is O=C(Oc1ccc([S+]2CCCC2)c2ccccc12)C1=CCc2ccccc21.O=C(Oc1ccc([S+]2CCCC2)c2ccccc12)C1c2ccccc2-c2ccccc21.O=C(Oc1ccc([S+]2CCCCC2)c2ccccc12)C1=CCc2ccccc21.O=C(Oc1ccc([S+]2CCCCC2)c2ccccc12)C1c2ccccc2-c2ccccc21. The van der Waals surface area contributed by atoms with E-state index in [1.165, 1.54) is 162 Å². The highest BCUT2D eigenvalue weighted by Crippen LogP contribution is 2.49. The highest BCUT2D eigenvalue weighted by atomic mass is 32.2. The van der Waals surface area contributed by atoms with Crippen molar-refractivity contribution in [2.75, 3.05) is 46.0 Å². The molecule has 0 saturated carbocycles. The molecule has 584 valence electrons. The molecule has 4 fully saturated rings. The first-order valence-electron chi connectivity index (χ1n) is 41.8. The van der Waals surface area contributed by atoms with Gasteiger partial charge < -0.3 is 18.9 Å². The van der Waals surface area contributed by atoms with Gasteiger partial charge in [-0.05, 0) is 217 Å². The number of benzene rings is 14. The van der Waals surface area contributed by atoms with Gasteiger partial charge in [0.15, 0.2) is 19.6 Å². The largest absolute Gasteiger partial charge is 0.425 e. The van der Waals surface area contributed by atoms with Gasteiger partial charge in [0.05, 0.1) is 11.1 Å². The van der Waals surface area contributed by atoms with Gasteiger partial charge in [-0.1, -0.05) is 231 Å². The summed E-state index contributed by atoms with van der Waals surface area (Å²) in [5.74, 6) is 11.2. The average Bonchev–Trinajstić information content (AvgIpc) is 1.60. The molecule has 12 heteroatoms. The third-order valence-electron chi connectivity index (χ3n) is 24.3. The molecule has 14 aromatic rings. The molecule has 8 aliphatic rings. The normalized spacial score (nSPS) is 16.2. The third kappa shape index (κ3) is 15.4. The summed E-state index contributed by atoms with van der Waals surface area (Å²) in [6.45, 7) is 0. The van der Waals surface area contributed by atoms with E-state index in [-0.39, 0.29) is 35.7 Å². The standard InChI is InChI=1S/C29H25O2S.C28H23O2S.C25H23O2S.C24H21O2S/c30-29(28-24-14-6-2-10-20(24)21-11-3-7-15-25(21)28)31-26-16-17-27(32-18-8-1-9-19-32)23-13-5-4-12-22(23)26;29-28(27-23-13-5-1-9-19(23)20-10-2-6-14-24(20)27)30-25-15-16-26(31-17-7-8-18-31)22-12-4-3-11-21(22)25;26-25(22-13-12-18-8-2-3-9-19(18)22)27-23-14-15-24(28-16-6-1-7-17-28)21-11-5-4-10-20(21)23;25-24(21-12-11-17-7-1-2-8-18(17)21)26-22-13-14-23(27-15-5-6-16-27)20-10-4-3-9-19(20)22/h2-7,10-17,28H,1,8-9,18-19H2;1-6,9-16,27H,7-8,17-18H2;2-5,8-11,13-15H,1,6-7,12,16-17H2;1-4,7-10,12-14H,5-6,11,15-16H2/q4*+1. The van der Waals surface area contributed by atoms with Crippen LogP contribution in [0.3, 0.4) is 0 Å². The number of rotatable bonds is 12. The number of carbonyl (C=O) groups is 4. The van der Waals surface area contributed by atoms with Gasteiger partial charge in [0, 0.05) is 86.7 Å². The van der Waals surface area contributed by atoms with Crippen LogP contribution in [0.5, 0.6) is 23.0 Å². The highest BCUT2D eigenvalue weighted by Gasteiger charge is 2.40. The van der Waals surface area contributed by atoms with Crippen molar-refractivity contribution in [2.45, 2.75) is 108 Å². The van der Waals surface area contributed by atoms with Crippen LogP contribution in [0.4, 0.5) is 0 Å². The van der Waals surface area contributed by atoms with Crippen LogP contribution in [0.1, 0.15) is 121 Å². The Labute approximate surface area is 702 Å². The lowest BCUT2D eigenvalue weighted by atomic mass is 9.97. The summed E-state index contributed by atoms with van der Waals surface area (Å²) in [6.07, 6.45) is 18.8. The maximum Gasteiger partial charge on any atom is 0.343 e. The number of allylic oxidation sites excluding steroid dienone is 2. The van der Waals surface area contributed by atoms with E-state index in [2.05, 4.69) is 133 Å². The fourth-order valence-corrected chi connectivity index (χ4v) is 28.6. The van der Waals surface area contributed by atoms with Gasteiger partial charge in [0.2, 0.25) is 0 Å². The van der Waals surface area contributed by atoms with E-state index < -0.39 is 0 Å². The summed E-state index contributed by atoms with van der Waals surface area (Å²) in [6, 6.07) is 99.0. The van der Waals surface area contributed by atoms with E-state index in [1.807, 2.05) is 170 Å². The molecule has 8 nitrogen and oxygen atoms in total. The van der Waals surface area contributed by atoms with Crippen LogP contribution in [-0.4, -0.2) is 69.9 Å². The maximum absolute atomic E-state index is 13.5. The molecule has 4 saturated heterocycles. The zero-order valence-electron chi connectivity index (χ0n) is 66.1.